The molecule has 0 aromatic heterocycles. The van der Waals surface area contributed by atoms with E-state index in [-0.39, 0.29) is 0 Å². The second kappa shape index (κ2) is 12.5. The van der Waals surface area contributed by atoms with Crippen molar-refractivity contribution in [1.82, 2.24) is 0 Å². The van der Waals surface area contributed by atoms with Crippen molar-refractivity contribution < 1.29 is 0 Å². The summed E-state index contributed by atoms with van der Waals surface area (Å²) < 4.78 is 0. The largest absolute Gasteiger partial charge is 0.0651 e. The Labute approximate surface area is 171 Å². The zero-order valence-corrected chi connectivity index (χ0v) is 18.7. The molecular formula is C27H50. The molecule has 0 bridgehead atoms. The number of hydrogen-bond acceptors (Lipinski definition) is 0. The molecule has 0 N–H and O–H groups in total. The molecule has 0 aromatic rings. The molecule has 0 atom stereocenters. The highest BCUT2D eigenvalue weighted by molar-refractivity contribution is 4.81. The van der Waals surface area contributed by atoms with E-state index < -0.39 is 0 Å². The van der Waals surface area contributed by atoms with Crippen LogP contribution in [-0.2, 0) is 0 Å². The van der Waals surface area contributed by atoms with Gasteiger partial charge in [0, 0.05) is 0 Å². The van der Waals surface area contributed by atoms with Gasteiger partial charge in [0.25, 0.3) is 0 Å². The standard InChI is InChI=1S/C15H28.C12H22/c1-2-15(13-9-5-3-6-10-13)14-11-7-4-8-12-14;1-3-7-11(8-4-1)12-9-5-2-6-10-12/h13-15H,2-12H2,1H3;11-12H,1-10H2. The first-order valence-corrected chi connectivity index (χ1v) is 13.4. The zero-order chi connectivity index (χ0) is 18.7. The third kappa shape index (κ3) is 7.08. The maximum absolute atomic E-state index is 2.44. The minimum absolute atomic E-state index is 1.09. The van der Waals surface area contributed by atoms with E-state index in [9.17, 15) is 0 Å². The second-order valence-corrected chi connectivity index (χ2v) is 10.7. The predicted molar refractivity (Wildman–Crippen MR) is 120 cm³/mol. The van der Waals surface area contributed by atoms with Crippen molar-refractivity contribution in [2.75, 3.05) is 0 Å². The topological polar surface area (TPSA) is 0 Å². The van der Waals surface area contributed by atoms with Crippen molar-refractivity contribution >= 4 is 0 Å². The van der Waals surface area contributed by atoms with Crippen molar-refractivity contribution in [1.29, 1.82) is 0 Å². The monoisotopic (exact) mass is 374 g/mol. The molecule has 4 aliphatic rings. The fourth-order valence-corrected chi connectivity index (χ4v) is 7.39. The van der Waals surface area contributed by atoms with Crippen LogP contribution in [0.25, 0.3) is 0 Å². The van der Waals surface area contributed by atoms with Crippen molar-refractivity contribution in [2.24, 2.45) is 29.6 Å². The van der Waals surface area contributed by atoms with E-state index in [0.29, 0.717) is 0 Å². The van der Waals surface area contributed by atoms with Gasteiger partial charge in [0.2, 0.25) is 0 Å². The minimum atomic E-state index is 1.09. The third-order valence-electron chi connectivity index (χ3n) is 8.95. The molecule has 0 amide bonds. The summed E-state index contributed by atoms with van der Waals surface area (Å²) in [7, 11) is 0. The van der Waals surface area contributed by atoms with Gasteiger partial charge in [-0.2, -0.15) is 0 Å². The molecule has 0 unspecified atom stereocenters. The molecule has 0 saturated heterocycles. The summed E-state index contributed by atoms with van der Waals surface area (Å²) in [6, 6.07) is 0. The summed E-state index contributed by atoms with van der Waals surface area (Å²) in [5.74, 6) is 5.57. The molecule has 4 saturated carbocycles. The molecule has 158 valence electrons. The van der Waals surface area contributed by atoms with Gasteiger partial charge < -0.3 is 0 Å². The van der Waals surface area contributed by atoms with Crippen LogP contribution in [0.15, 0.2) is 0 Å². The van der Waals surface area contributed by atoms with Crippen molar-refractivity contribution in [3.8, 4) is 0 Å². The van der Waals surface area contributed by atoms with Gasteiger partial charge in [0.15, 0.2) is 0 Å². The van der Waals surface area contributed by atoms with Gasteiger partial charge in [-0.25, -0.2) is 0 Å². The summed E-state index contributed by atoms with van der Waals surface area (Å²) in [6.07, 6.45) is 32.2. The molecule has 27 heavy (non-hydrogen) atoms. The average molecular weight is 375 g/mol. The Balaban J connectivity index is 0.000000159. The van der Waals surface area contributed by atoms with Crippen molar-refractivity contribution in [3.05, 3.63) is 0 Å². The van der Waals surface area contributed by atoms with E-state index in [1.807, 2.05) is 0 Å². The fourth-order valence-electron chi connectivity index (χ4n) is 7.39. The van der Waals surface area contributed by atoms with E-state index >= 15 is 0 Å². The Morgan fingerprint density at radius 1 is 0.444 bits per heavy atom. The molecule has 4 rings (SSSR count). The molecule has 0 radical (unpaired) electrons. The van der Waals surface area contributed by atoms with Gasteiger partial charge in [-0.1, -0.05) is 142 Å². The van der Waals surface area contributed by atoms with Crippen LogP contribution in [0.1, 0.15) is 142 Å². The highest BCUT2D eigenvalue weighted by atomic mass is 14.3. The van der Waals surface area contributed by atoms with Gasteiger partial charge >= 0.3 is 0 Å². The first kappa shape index (κ1) is 21.7. The molecule has 4 fully saturated rings. The first-order chi connectivity index (χ1) is 13.4. The second-order valence-electron chi connectivity index (χ2n) is 10.7. The lowest BCUT2D eigenvalue weighted by Gasteiger charge is -2.37. The third-order valence-corrected chi connectivity index (χ3v) is 8.95. The molecular weight excluding hydrogens is 324 g/mol. The van der Waals surface area contributed by atoms with Gasteiger partial charge in [-0.3, -0.25) is 0 Å². The zero-order valence-electron chi connectivity index (χ0n) is 18.7. The molecule has 0 aromatic carbocycles. The average Bonchev–Trinajstić information content (AvgIpc) is 2.78. The van der Waals surface area contributed by atoms with Crippen LogP contribution in [0, 0.1) is 29.6 Å². The van der Waals surface area contributed by atoms with Gasteiger partial charge in [-0.15, -0.1) is 0 Å². The normalized spacial score (nSPS) is 27.3. The maximum Gasteiger partial charge on any atom is -0.0360 e. The summed E-state index contributed by atoms with van der Waals surface area (Å²) in [5.41, 5.74) is 0. The highest BCUT2D eigenvalue weighted by Crippen LogP contribution is 2.41. The lowest BCUT2D eigenvalue weighted by atomic mass is 9.69. The smallest absolute Gasteiger partial charge is 0.0360 e. The fraction of sp³-hybridized carbons (Fsp3) is 1.00. The Kier molecular flexibility index (Phi) is 10.1. The Bertz CT molecular complexity index is 314. The van der Waals surface area contributed by atoms with Crippen LogP contribution in [-0.4, -0.2) is 0 Å². The predicted octanol–water partition coefficient (Wildman–Crippen LogP) is 9.32. The van der Waals surface area contributed by atoms with Gasteiger partial charge in [0.1, 0.15) is 0 Å². The number of rotatable bonds is 4. The molecule has 0 spiro atoms. The number of hydrogen-bond donors (Lipinski definition) is 0. The van der Waals surface area contributed by atoms with Crippen LogP contribution in [0.5, 0.6) is 0 Å². The Morgan fingerprint density at radius 3 is 1.04 bits per heavy atom. The van der Waals surface area contributed by atoms with E-state index in [0.717, 1.165) is 29.6 Å². The summed E-state index contributed by atoms with van der Waals surface area (Å²) >= 11 is 0. The summed E-state index contributed by atoms with van der Waals surface area (Å²) in [6.45, 7) is 2.44. The van der Waals surface area contributed by atoms with Crippen LogP contribution in [0.2, 0.25) is 0 Å². The highest BCUT2D eigenvalue weighted by Gasteiger charge is 2.29. The SMILES string of the molecule is C1CCC(C2CCCCC2)CC1.CCC(C1CCCCC1)C1CCCCC1. The van der Waals surface area contributed by atoms with E-state index in [1.165, 1.54) is 83.5 Å². The van der Waals surface area contributed by atoms with Crippen LogP contribution >= 0.6 is 0 Å². The molecule has 0 heteroatoms. The van der Waals surface area contributed by atoms with Gasteiger partial charge in [0.05, 0.1) is 0 Å². The Hall–Kier alpha value is 0. The lowest BCUT2D eigenvalue weighted by molar-refractivity contribution is 0.139. The van der Waals surface area contributed by atoms with Crippen molar-refractivity contribution in [2.45, 2.75) is 142 Å². The molecule has 4 aliphatic carbocycles. The summed E-state index contributed by atoms with van der Waals surface area (Å²) in [4.78, 5) is 0. The first-order valence-electron chi connectivity index (χ1n) is 13.4. The quantitative estimate of drug-likeness (QED) is 0.459. The maximum atomic E-state index is 2.44. The van der Waals surface area contributed by atoms with Crippen molar-refractivity contribution in [3.63, 3.8) is 0 Å². The van der Waals surface area contributed by atoms with Crippen LogP contribution < -0.4 is 0 Å². The molecule has 0 nitrogen and oxygen atoms in total. The van der Waals surface area contributed by atoms with E-state index in [4.69, 9.17) is 0 Å². The van der Waals surface area contributed by atoms with Crippen LogP contribution in [0.4, 0.5) is 0 Å². The summed E-state index contributed by atoms with van der Waals surface area (Å²) in [5, 5.41) is 0. The Morgan fingerprint density at radius 2 is 0.741 bits per heavy atom. The van der Waals surface area contributed by atoms with Gasteiger partial charge in [-0.05, 0) is 29.6 Å². The molecule has 0 aliphatic heterocycles. The minimum Gasteiger partial charge on any atom is -0.0651 e. The van der Waals surface area contributed by atoms with Crippen LogP contribution in [0.3, 0.4) is 0 Å². The molecule has 0 heterocycles. The van der Waals surface area contributed by atoms with E-state index in [1.54, 1.807) is 51.4 Å². The lowest BCUT2D eigenvalue weighted by Crippen LogP contribution is -2.26. The van der Waals surface area contributed by atoms with E-state index in [2.05, 4.69) is 6.92 Å².